The molecule has 2 bridgehead atoms. The van der Waals surface area contributed by atoms with Crippen molar-refractivity contribution >= 4 is 5.82 Å². The van der Waals surface area contributed by atoms with E-state index in [0.29, 0.717) is 6.04 Å². The van der Waals surface area contributed by atoms with Gasteiger partial charge in [0, 0.05) is 17.8 Å². The van der Waals surface area contributed by atoms with Gasteiger partial charge in [-0.3, -0.25) is 0 Å². The summed E-state index contributed by atoms with van der Waals surface area (Å²) >= 11 is 0. The minimum Gasteiger partial charge on any atom is -0.367 e. The number of fused-ring (bicyclic) bond motifs is 2. The molecular formula is C16H25N3. The molecular weight excluding hydrogens is 234 g/mol. The fourth-order valence-electron chi connectivity index (χ4n) is 4.12. The SMILES string of the molecule is CCCc1cc(NC(C)C2CC3CCC2C3)ncn1. The van der Waals surface area contributed by atoms with Crippen molar-refractivity contribution in [2.45, 2.75) is 58.4 Å². The van der Waals surface area contributed by atoms with Gasteiger partial charge in [0.05, 0.1) is 0 Å². The van der Waals surface area contributed by atoms with Crippen molar-refractivity contribution in [3.8, 4) is 0 Å². The summed E-state index contributed by atoms with van der Waals surface area (Å²) in [5.74, 6) is 3.84. The molecule has 0 spiro atoms. The summed E-state index contributed by atoms with van der Waals surface area (Å²) in [5, 5.41) is 3.62. The molecule has 0 aromatic carbocycles. The van der Waals surface area contributed by atoms with Crippen LogP contribution < -0.4 is 5.32 Å². The zero-order valence-corrected chi connectivity index (χ0v) is 12.1. The van der Waals surface area contributed by atoms with E-state index >= 15 is 0 Å². The maximum absolute atomic E-state index is 4.37. The number of nitrogens with one attached hydrogen (secondary N) is 1. The van der Waals surface area contributed by atoms with E-state index < -0.39 is 0 Å². The van der Waals surface area contributed by atoms with Crippen molar-refractivity contribution in [2.75, 3.05) is 5.32 Å². The molecule has 1 aromatic rings. The number of rotatable bonds is 5. The molecule has 1 N–H and O–H groups in total. The lowest BCUT2D eigenvalue weighted by molar-refractivity contribution is 0.304. The number of anilines is 1. The number of aryl methyl sites for hydroxylation is 1. The van der Waals surface area contributed by atoms with E-state index in [1.165, 1.54) is 25.7 Å². The van der Waals surface area contributed by atoms with Crippen LogP contribution in [0.25, 0.3) is 0 Å². The Labute approximate surface area is 116 Å². The summed E-state index contributed by atoms with van der Waals surface area (Å²) in [5.41, 5.74) is 1.15. The summed E-state index contributed by atoms with van der Waals surface area (Å²) in [7, 11) is 0. The fourth-order valence-corrected chi connectivity index (χ4v) is 4.12. The Kier molecular flexibility index (Phi) is 3.72. The lowest BCUT2D eigenvalue weighted by Gasteiger charge is -2.28. The third-order valence-corrected chi connectivity index (χ3v) is 5.04. The molecule has 1 aromatic heterocycles. The maximum atomic E-state index is 4.37. The first-order valence-electron chi connectivity index (χ1n) is 7.83. The molecule has 0 amide bonds. The first kappa shape index (κ1) is 12.9. The van der Waals surface area contributed by atoms with E-state index in [4.69, 9.17) is 0 Å². The molecule has 2 aliphatic carbocycles. The molecule has 0 saturated heterocycles. The lowest BCUT2D eigenvalue weighted by atomic mass is 9.84. The Bertz CT molecular complexity index is 432. The topological polar surface area (TPSA) is 37.8 Å². The first-order chi connectivity index (χ1) is 9.26. The molecule has 2 fully saturated rings. The summed E-state index contributed by atoms with van der Waals surface area (Å²) in [6.07, 6.45) is 9.69. The summed E-state index contributed by atoms with van der Waals surface area (Å²) in [4.78, 5) is 8.69. The van der Waals surface area contributed by atoms with Crippen LogP contribution in [0.15, 0.2) is 12.4 Å². The Morgan fingerprint density at radius 1 is 1.32 bits per heavy atom. The summed E-state index contributed by atoms with van der Waals surface area (Å²) in [6, 6.07) is 2.66. The molecule has 2 aliphatic rings. The Morgan fingerprint density at radius 3 is 2.89 bits per heavy atom. The van der Waals surface area contributed by atoms with Crippen molar-refractivity contribution in [3.05, 3.63) is 18.1 Å². The van der Waals surface area contributed by atoms with Gasteiger partial charge in [-0.15, -0.1) is 0 Å². The van der Waals surface area contributed by atoms with Gasteiger partial charge in [-0.25, -0.2) is 9.97 Å². The fraction of sp³-hybridized carbons (Fsp3) is 0.750. The molecule has 3 nitrogen and oxygen atoms in total. The Morgan fingerprint density at radius 2 is 2.21 bits per heavy atom. The molecule has 19 heavy (non-hydrogen) atoms. The van der Waals surface area contributed by atoms with Gasteiger partial charge in [0.15, 0.2) is 0 Å². The minimum absolute atomic E-state index is 0.541. The van der Waals surface area contributed by atoms with Gasteiger partial charge in [-0.05, 0) is 50.4 Å². The van der Waals surface area contributed by atoms with E-state index in [1.54, 1.807) is 6.33 Å². The second kappa shape index (κ2) is 5.48. The predicted molar refractivity (Wildman–Crippen MR) is 78.0 cm³/mol. The average molecular weight is 259 g/mol. The third-order valence-electron chi connectivity index (χ3n) is 5.04. The van der Waals surface area contributed by atoms with Crippen molar-refractivity contribution in [2.24, 2.45) is 17.8 Å². The second-order valence-corrected chi connectivity index (χ2v) is 6.42. The van der Waals surface area contributed by atoms with Gasteiger partial charge in [0.25, 0.3) is 0 Å². The Hall–Kier alpha value is -1.12. The highest BCUT2D eigenvalue weighted by Gasteiger charge is 2.41. The van der Waals surface area contributed by atoms with Crippen molar-refractivity contribution < 1.29 is 0 Å². The zero-order chi connectivity index (χ0) is 13.2. The summed E-state index contributed by atoms with van der Waals surface area (Å²) in [6.45, 7) is 4.51. The molecule has 3 heteroatoms. The highest BCUT2D eigenvalue weighted by Crippen LogP contribution is 2.49. The maximum Gasteiger partial charge on any atom is 0.129 e. The van der Waals surface area contributed by atoms with Gasteiger partial charge in [0.1, 0.15) is 12.1 Å². The lowest BCUT2D eigenvalue weighted by Crippen LogP contribution is -2.30. The summed E-state index contributed by atoms with van der Waals surface area (Å²) < 4.78 is 0. The monoisotopic (exact) mass is 259 g/mol. The van der Waals surface area contributed by atoms with E-state index in [0.717, 1.165) is 42.1 Å². The van der Waals surface area contributed by atoms with Crippen LogP contribution in [0.2, 0.25) is 0 Å². The van der Waals surface area contributed by atoms with Crippen LogP contribution in [-0.2, 0) is 6.42 Å². The van der Waals surface area contributed by atoms with E-state index in [2.05, 4.69) is 35.2 Å². The molecule has 0 aliphatic heterocycles. The van der Waals surface area contributed by atoms with Crippen LogP contribution in [0, 0.1) is 17.8 Å². The normalized spacial score (nSPS) is 30.5. The molecule has 0 radical (unpaired) electrons. The van der Waals surface area contributed by atoms with Gasteiger partial charge in [-0.2, -0.15) is 0 Å². The third kappa shape index (κ3) is 2.75. The van der Waals surface area contributed by atoms with Crippen LogP contribution >= 0.6 is 0 Å². The number of hydrogen-bond donors (Lipinski definition) is 1. The second-order valence-electron chi connectivity index (χ2n) is 6.42. The average Bonchev–Trinajstić information content (AvgIpc) is 3.02. The number of nitrogens with zero attached hydrogens (tertiary/aromatic N) is 2. The molecule has 3 rings (SSSR count). The standard InChI is InChI=1S/C16H25N3/c1-3-4-14-9-16(18-10-17-14)19-11(2)15-8-12-5-6-13(15)7-12/h9-13,15H,3-8H2,1-2H3,(H,17,18,19). The van der Waals surface area contributed by atoms with Crippen LogP contribution in [-0.4, -0.2) is 16.0 Å². The molecule has 1 heterocycles. The van der Waals surface area contributed by atoms with Crippen molar-refractivity contribution in [1.29, 1.82) is 0 Å². The van der Waals surface area contributed by atoms with Gasteiger partial charge >= 0.3 is 0 Å². The van der Waals surface area contributed by atoms with Crippen LogP contribution in [0.4, 0.5) is 5.82 Å². The van der Waals surface area contributed by atoms with Gasteiger partial charge in [0.2, 0.25) is 0 Å². The van der Waals surface area contributed by atoms with Crippen molar-refractivity contribution in [3.63, 3.8) is 0 Å². The van der Waals surface area contributed by atoms with Crippen LogP contribution in [0.5, 0.6) is 0 Å². The smallest absolute Gasteiger partial charge is 0.129 e. The highest BCUT2D eigenvalue weighted by atomic mass is 15.0. The molecule has 4 unspecified atom stereocenters. The molecule has 4 atom stereocenters. The van der Waals surface area contributed by atoms with Crippen molar-refractivity contribution in [1.82, 2.24) is 9.97 Å². The van der Waals surface area contributed by atoms with Gasteiger partial charge in [-0.1, -0.05) is 19.8 Å². The molecule has 104 valence electrons. The highest BCUT2D eigenvalue weighted by molar-refractivity contribution is 5.36. The predicted octanol–water partition coefficient (Wildman–Crippen LogP) is 3.67. The van der Waals surface area contributed by atoms with E-state index in [-0.39, 0.29) is 0 Å². The largest absolute Gasteiger partial charge is 0.367 e. The first-order valence-corrected chi connectivity index (χ1v) is 7.83. The van der Waals surface area contributed by atoms with Gasteiger partial charge < -0.3 is 5.32 Å². The molecule has 2 saturated carbocycles. The minimum atomic E-state index is 0.541. The van der Waals surface area contributed by atoms with Crippen LogP contribution in [0.3, 0.4) is 0 Å². The van der Waals surface area contributed by atoms with E-state index in [1.807, 2.05) is 0 Å². The van der Waals surface area contributed by atoms with Crippen LogP contribution in [0.1, 0.15) is 51.6 Å². The quantitative estimate of drug-likeness (QED) is 0.876. The number of aromatic nitrogens is 2. The Balaban J connectivity index is 1.62. The van der Waals surface area contributed by atoms with E-state index in [9.17, 15) is 0 Å². The zero-order valence-electron chi connectivity index (χ0n) is 12.1. The number of hydrogen-bond acceptors (Lipinski definition) is 3.